The number of primary amides is 1. The van der Waals surface area contributed by atoms with Gasteiger partial charge in [0.05, 0.1) is 34.9 Å². The maximum atomic E-state index is 13.8. The zero-order chi connectivity index (χ0) is 48.0. The van der Waals surface area contributed by atoms with Crippen molar-refractivity contribution in [2.45, 2.75) is 89.8 Å². The summed E-state index contributed by atoms with van der Waals surface area (Å²) in [5.74, 6) is 2.42. The number of nitrogens with two attached hydrogens (primary N) is 2. The lowest BCUT2D eigenvalue weighted by Gasteiger charge is -2.38. The van der Waals surface area contributed by atoms with E-state index in [4.69, 9.17) is 27.8 Å². The van der Waals surface area contributed by atoms with Crippen molar-refractivity contribution >= 4 is 63.8 Å². The highest BCUT2D eigenvalue weighted by Crippen LogP contribution is 2.43. The molecule has 2 aliphatic heterocycles. The van der Waals surface area contributed by atoms with E-state index in [0.29, 0.717) is 78.1 Å². The second-order valence-corrected chi connectivity index (χ2v) is 18.6. The van der Waals surface area contributed by atoms with Gasteiger partial charge in [0.2, 0.25) is 5.91 Å². The molecule has 14 nitrogen and oxygen atoms in total. The quantitative estimate of drug-likeness (QED) is 0.0772. The van der Waals surface area contributed by atoms with Crippen LogP contribution in [-0.2, 0) is 15.8 Å². The van der Waals surface area contributed by atoms with Crippen molar-refractivity contribution in [3.8, 4) is 5.75 Å². The molecule has 4 amide bonds. The molecule has 0 unspecified atom stereocenters. The molecule has 67 heavy (non-hydrogen) atoms. The van der Waals surface area contributed by atoms with E-state index >= 15 is 0 Å². The van der Waals surface area contributed by atoms with Gasteiger partial charge in [-0.15, -0.1) is 0 Å². The van der Waals surface area contributed by atoms with Crippen LogP contribution in [0, 0.1) is 18.8 Å². The molecule has 7 rings (SSSR count). The number of benzene rings is 3. The molecule has 1 saturated carbocycles. The molecular formula is C49H61ClF3N9O5. The number of ether oxygens (including phenoxy) is 1. The van der Waals surface area contributed by atoms with Gasteiger partial charge in [-0.2, -0.15) is 13.2 Å². The summed E-state index contributed by atoms with van der Waals surface area (Å²) in [6.07, 6.45) is 3.33. The number of carbonyl (C=O) groups is 4. The number of alkyl halides is 3. The van der Waals surface area contributed by atoms with Gasteiger partial charge in [-0.1, -0.05) is 11.6 Å². The van der Waals surface area contributed by atoms with Gasteiger partial charge < -0.3 is 36.1 Å². The summed E-state index contributed by atoms with van der Waals surface area (Å²) < 4.78 is 46.7. The van der Waals surface area contributed by atoms with Gasteiger partial charge in [-0.25, -0.2) is 14.8 Å². The molecule has 1 aromatic heterocycles. The highest BCUT2D eigenvalue weighted by molar-refractivity contribution is 6.34. The average molecular weight is 949 g/mol. The Balaban J connectivity index is 0.865. The lowest BCUT2D eigenvalue weighted by molar-refractivity contribution is -0.138. The van der Waals surface area contributed by atoms with Gasteiger partial charge in [0.25, 0.3) is 5.91 Å². The Kier molecular flexibility index (Phi) is 15.8. The number of aldehydes is 1. The summed E-state index contributed by atoms with van der Waals surface area (Å²) in [5.41, 5.74) is 13.4. The van der Waals surface area contributed by atoms with E-state index in [1.165, 1.54) is 11.0 Å². The van der Waals surface area contributed by atoms with Crippen molar-refractivity contribution < 1.29 is 37.1 Å². The minimum absolute atomic E-state index is 0.0272. The van der Waals surface area contributed by atoms with E-state index in [1.54, 1.807) is 39.2 Å². The number of urea groups is 1. The minimum atomic E-state index is -4.53. The molecule has 5 N–H and O–H groups in total. The maximum Gasteiger partial charge on any atom is 0.416 e. The first kappa shape index (κ1) is 49.2. The molecule has 1 atom stereocenters. The number of hydrogen-bond donors (Lipinski definition) is 3. The van der Waals surface area contributed by atoms with Crippen molar-refractivity contribution in [1.82, 2.24) is 24.7 Å². The second kappa shape index (κ2) is 21.5. The van der Waals surface area contributed by atoms with Crippen LogP contribution in [0.2, 0.25) is 5.02 Å². The predicted octanol–water partition coefficient (Wildman–Crippen LogP) is 8.60. The number of anilines is 3. The Morgan fingerprint density at radius 3 is 2.33 bits per heavy atom. The number of carbonyl (C=O) groups excluding carboxylic acids is 4. The largest absolute Gasteiger partial charge is 0.496 e. The molecule has 3 heterocycles. The Hall–Kier alpha value is -5.68. The third kappa shape index (κ3) is 11.9. The number of piperidine rings is 1. The normalized spacial score (nSPS) is 19.0. The van der Waals surface area contributed by atoms with Crippen LogP contribution in [0.5, 0.6) is 5.75 Å². The van der Waals surface area contributed by atoms with E-state index in [1.807, 2.05) is 21.9 Å². The molecule has 0 bridgehead atoms. The number of fused-ring (bicyclic) bond motifs is 1. The number of halogens is 4. The van der Waals surface area contributed by atoms with Crippen LogP contribution in [-0.4, -0.2) is 108 Å². The lowest BCUT2D eigenvalue weighted by Crippen LogP contribution is -2.50. The number of hydrogen-bond acceptors (Lipinski definition) is 10. The summed E-state index contributed by atoms with van der Waals surface area (Å²) in [7, 11) is 1.63. The Labute approximate surface area is 394 Å². The van der Waals surface area contributed by atoms with E-state index in [9.17, 15) is 32.3 Å². The molecule has 1 aliphatic carbocycles. The molecule has 0 spiro atoms. The van der Waals surface area contributed by atoms with E-state index in [-0.39, 0.29) is 47.3 Å². The number of methoxy groups -OCH3 is 1. The number of rotatable bonds is 15. The van der Waals surface area contributed by atoms with Crippen LogP contribution in [0.1, 0.15) is 110 Å². The fraction of sp³-hybridized carbons (Fsp3) is 0.510. The fourth-order valence-electron chi connectivity index (χ4n) is 9.97. The first-order valence-corrected chi connectivity index (χ1v) is 23.6. The average Bonchev–Trinajstić information content (AvgIpc) is 3.31. The smallest absolute Gasteiger partial charge is 0.416 e. The molecule has 3 fully saturated rings. The third-order valence-electron chi connectivity index (χ3n) is 13.7. The molecule has 0 radical (unpaired) electrons. The molecule has 360 valence electrons. The first-order chi connectivity index (χ1) is 32.0. The number of nitrogens with one attached hydrogen (secondary N) is 1. The zero-order valence-electron chi connectivity index (χ0n) is 38.4. The van der Waals surface area contributed by atoms with Crippen LogP contribution < -0.4 is 26.4 Å². The number of piperazine rings is 1. The van der Waals surface area contributed by atoms with E-state index < -0.39 is 23.8 Å². The van der Waals surface area contributed by atoms with Crippen LogP contribution in [0.3, 0.4) is 0 Å². The Bertz CT molecular complexity index is 2430. The van der Waals surface area contributed by atoms with Crippen molar-refractivity contribution in [3.63, 3.8) is 0 Å². The van der Waals surface area contributed by atoms with E-state index in [2.05, 4.69) is 20.2 Å². The van der Waals surface area contributed by atoms with Crippen LogP contribution >= 0.6 is 11.6 Å². The zero-order valence-corrected chi connectivity index (χ0v) is 39.2. The molecule has 18 heteroatoms. The van der Waals surface area contributed by atoms with Crippen molar-refractivity contribution in [3.05, 3.63) is 81.6 Å². The second-order valence-electron chi connectivity index (χ2n) is 18.2. The predicted molar refractivity (Wildman–Crippen MR) is 253 cm³/mol. The summed E-state index contributed by atoms with van der Waals surface area (Å²) >= 11 is 6.35. The van der Waals surface area contributed by atoms with Gasteiger partial charge in [0.15, 0.2) is 0 Å². The number of likely N-dealkylation sites (tertiary alicyclic amines) is 1. The maximum absolute atomic E-state index is 13.8. The summed E-state index contributed by atoms with van der Waals surface area (Å²) in [6, 6.07) is 11.0. The number of aromatic nitrogens is 2. The minimum Gasteiger partial charge on any atom is -0.496 e. The fourth-order valence-corrected chi connectivity index (χ4v) is 10.2. The highest BCUT2D eigenvalue weighted by Gasteiger charge is 2.34. The van der Waals surface area contributed by atoms with Crippen LogP contribution in [0.4, 0.5) is 35.2 Å². The van der Waals surface area contributed by atoms with Crippen LogP contribution in [0.15, 0.2) is 48.5 Å². The standard InChI is InChI=1S/C49H61ClF3N9O5/c1-30(36-24-37(49(51,52)53)27-38(54)25-36)56-45-40-28-39(44(67-3)29-42(40)57-31(2)58-45)33-7-9-34(10-8-33)46(64)61-21-19-59(20-22-61)15-4-6-32-13-17-60(18-14-32)47(65)35-11-12-41(50)43(26-35)62(48(55)66)16-5-23-63/h11-12,23-30,32-34H,4-10,13-22,54H2,1-3H3,(H2,55,66)(H,56,57,58)/t30-,33?,34?/m1/s1. The van der Waals surface area contributed by atoms with E-state index in [0.717, 1.165) is 94.1 Å². The number of nitrogens with zero attached hydrogens (tertiary/aromatic N) is 6. The first-order valence-electron chi connectivity index (χ1n) is 23.2. The summed E-state index contributed by atoms with van der Waals surface area (Å²) in [6.45, 7) is 8.95. The van der Waals surface area contributed by atoms with Crippen LogP contribution in [0.25, 0.3) is 10.9 Å². The molecular weight excluding hydrogens is 887 g/mol. The molecule has 3 aliphatic rings. The lowest BCUT2D eigenvalue weighted by atomic mass is 9.77. The van der Waals surface area contributed by atoms with Crippen molar-refractivity contribution in [2.75, 3.05) is 75.4 Å². The Morgan fingerprint density at radius 1 is 0.955 bits per heavy atom. The molecule has 3 aromatic carbocycles. The SMILES string of the molecule is COc1cc2nc(C)nc(N[C@H](C)c3cc(N)cc(C(F)(F)F)c3)c2cc1C1CCC(C(=O)N2CCN(CCCC3CCN(C(=O)c4ccc(Cl)c(N(CCC=O)C(N)=O)c4)CC3)CC2)CC1. The number of nitrogen functional groups attached to an aromatic ring is 1. The molecule has 4 aromatic rings. The monoisotopic (exact) mass is 947 g/mol. The number of aryl methyl sites for hydroxylation is 1. The van der Waals surface area contributed by atoms with Gasteiger partial charge in [0.1, 0.15) is 23.7 Å². The van der Waals surface area contributed by atoms with Gasteiger partial charge in [-0.05, 0) is 137 Å². The summed E-state index contributed by atoms with van der Waals surface area (Å²) in [5, 5.41) is 4.33. The van der Waals surface area contributed by atoms with Crippen molar-refractivity contribution in [2.24, 2.45) is 17.6 Å². The highest BCUT2D eigenvalue weighted by atomic mass is 35.5. The Morgan fingerprint density at radius 2 is 1.67 bits per heavy atom. The topological polar surface area (TPSA) is 180 Å². The molecule has 2 saturated heterocycles. The number of amides is 4. The summed E-state index contributed by atoms with van der Waals surface area (Å²) in [4.78, 5) is 67.1. The van der Waals surface area contributed by atoms with Gasteiger partial charge >= 0.3 is 12.2 Å². The van der Waals surface area contributed by atoms with Gasteiger partial charge in [-0.3, -0.25) is 19.4 Å². The van der Waals surface area contributed by atoms with Crippen molar-refractivity contribution in [1.29, 1.82) is 0 Å². The van der Waals surface area contributed by atoms with Gasteiger partial charge in [0, 0.05) is 80.9 Å². The third-order valence-corrected chi connectivity index (χ3v) is 14.0.